The van der Waals surface area contributed by atoms with Gasteiger partial charge in [-0.1, -0.05) is 17.7 Å². The van der Waals surface area contributed by atoms with E-state index in [1.165, 1.54) is 0 Å². The Hall–Kier alpha value is -2.14. The zero-order valence-corrected chi connectivity index (χ0v) is 13.6. The average molecular weight is 332 g/mol. The lowest BCUT2D eigenvalue weighted by molar-refractivity contribution is -0.131. The highest BCUT2D eigenvalue weighted by Crippen LogP contribution is 2.31. The summed E-state index contributed by atoms with van der Waals surface area (Å²) in [6.45, 7) is 1.93. The second-order valence-corrected chi connectivity index (χ2v) is 6.29. The Balaban J connectivity index is 1.76. The van der Waals surface area contributed by atoms with Gasteiger partial charge in [-0.15, -0.1) is 0 Å². The Labute approximate surface area is 140 Å². The maximum Gasteiger partial charge on any atom is 0.248 e. The van der Waals surface area contributed by atoms with Gasteiger partial charge >= 0.3 is 0 Å². The Bertz CT molecular complexity index is 694. The maximum atomic E-state index is 12.5. The molecule has 0 radical (unpaired) electrons. The number of amides is 2. The third kappa shape index (κ3) is 3.45. The summed E-state index contributed by atoms with van der Waals surface area (Å²) in [6, 6.07) is 3.16. The fourth-order valence-corrected chi connectivity index (χ4v) is 3.00. The minimum Gasteiger partial charge on any atom is -0.309 e. The molecular formula is C17H18ClN3O2. The number of nitrogens with one attached hydrogen (secondary N) is 1. The summed E-state index contributed by atoms with van der Waals surface area (Å²) in [5.74, 6) is 0.286. The van der Waals surface area contributed by atoms with Crippen molar-refractivity contribution in [3.05, 3.63) is 46.8 Å². The van der Waals surface area contributed by atoms with Gasteiger partial charge in [-0.2, -0.15) is 0 Å². The van der Waals surface area contributed by atoms with Crippen molar-refractivity contribution in [2.24, 2.45) is 0 Å². The highest BCUT2D eigenvalue weighted by molar-refractivity contribution is 6.29. The Morgan fingerprint density at radius 3 is 2.78 bits per heavy atom. The number of carbonyl (C=O) groups excluding carboxylic acids is 2. The number of aromatic nitrogens is 1. The lowest BCUT2D eigenvalue weighted by Gasteiger charge is -2.27. The van der Waals surface area contributed by atoms with Crippen molar-refractivity contribution in [2.45, 2.75) is 38.6 Å². The smallest absolute Gasteiger partial charge is 0.248 e. The summed E-state index contributed by atoms with van der Waals surface area (Å²) in [6.07, 6.45) is 7.60. The quantitative estimate of drug-likeness (QED) is 0.925. The van der Waals surface area contributed by atoms with E-state index in [4.69, 9.17) is 11.6 Å². The topological polar surface area (TPSA) is 62.3 Å². The van der Waals surface area contributed by atoms with Gasteiger partial charge in [-0.25, -0.2) is 4.98 Å². The van der Waals surface area contributed by atoms with E-state index in [2.05, 4.69) is 10.3 Å². The normalized spacial score (nSPS) is 21.0. The van der Waals surface area contributed by atoms with Gasteiger partial charge in [-0.05, 0) is 50.0 Å². The monoisotopic (exact) mass is 331 g/mol. The molecule has 6 heteroatoms. The molecule has 2 aliphatic rings. The van der Waals surface area contributed by atoms with Crippen molar-refractivity contribution >= 4 is 29.2 Å². The minimum absolute atomic E-state index is 0.0142. The van der Waals surface area contributed by atoms with Crippen LogP contribution < -0.4 is 5.32 Å². The number of anilines is 1. The Morgan fingerprint density at radius 1 is 1.30 bits per heavy atom. The van der Waals surface area contributed by atoms with Crippen molar-refractivity contribution in [1.29, 1.82) is 0 Å². The molecule has 1 saturated heterocycles. The zero-order chi connectivity index (χ0) is 16.4. The van der Waals surface area contributed by atoms with Crippen LogP contribution in [0.4, 0.5) is 5.82 Å². The molecule has 1 aromatic heterocycles. The molecule has 0 bridgehead atoms. The molecule has 3 rings (SSSR count). The first kappa shape index (κ1) is 15.7. The van der Waals surface area contributed by atoms with Crippen molar-refractivity contribution in [3.63, 3.8) is 0 Å². The molecular weight excluding hydrogens is 314 g/mol. The summed E-state index contributed by atoms with van der Waals surface area (Å²) < 4.78 is 0. The van der Waals surface area contributed by atoms with E-state index in [1.54, 1.807) is 23.2 Å². The second-order valence-electron chi connectivity index (χ2n) is 5.80. The molecule has 1 fully saturated rings. The standard InChI is InChI=1S/C17H18ClN3O2/c1-11-2-8-15(19-10-11)20-17(23)14-7-9-16(22)21(14)13-5-3-12(18)4-6-13/h2-3,5,8,10,14H,4,6-7,9H2,1H3,(H,19,20,23)/t14-/m0/s1. The molecule has 23 heavy (non-hydrogen) atoms. The molecule has 0 aromatic carbocycles. The van der Waals surface area contributed by atoms with Crippen molar-refractivity contribution in [2.75, 3.05) is 5.32 Å². The number of halogens is 1. The predicted octanol–water partition coefficient (Wildman–Crippen LogP) is 3.12. The molecule has 5 nitrogen and oxygen atoms in total. The largest absolute Gasteiger partial charge is 0.309 e. The number of hydrogen-bond donors (Lipinski definition) is 1. The van der Waals surface area contributed by atoms with E-state index >= 15 is 0 Å². The fraction of sp³-hybridized carbons (Fsp3) is 0.353. The molecule has 120 valence electrons. The number of carbonyl (C=O) groups is 2. The molecule has 0 spiro atoms. The molecule has 1 aliphatic heterocycles. The third-order valence-corrected chi connectivity index (χ3v) is 4.38. The SMILES string of the molecule is Cc1ccc(NC(=O)[C@@H]2CCC(=O)N2C2=CC=C(Cl)CC2)nc1. The number of rotatable bonds is 3. The molecule has 2 heterocycles. The Morgan fingerprint density at radius 2 is 2.13 bits per heavy atom. The molecule has 2 amide bonds. The van der Waals surface area contributed by atoms with Gasteiger partial charge in [-0.3, -0.25) is 9.59 Å². The van der Waals surface area contributed by atoms with Crippen LogP contribution >= 0.6 is 11.6 Å². The van der Waals surface area contributed by atoms with Crippen LogP contribution in [0.1, 0.15) is 31.2 Å². The Kier molecular flexibility index (Phi) is 4.48. The highest BCUT2D eigenvalue weighted by atomic mass is 35.5. The average Bonchev–Trinajstić information content (AvgIpc) is 2.92. The maximum absolute atomic E-state index is 12.5. The van der Waals surface area contributed by atoms with Gasteiger partial charge < -0.3 is 10.2 Å². The lowest BCUT2D eigenvalue weighted by atomic mass is 10.1. The van der Waals surface area contributed by atoms with E-state index in [1.807, 2.05) is 19.1 Å². The van der Waals surface area contributed by atoms with Crippen LogP contribution in [0.2, 0.25) is 0 Å². The van der Waals surface area contributed by atoms with E-state index in [0.717, 1.165) is 16.3 Å². The molecule has 1 aliphatic carbocycles. The summed E-state index contributed by atoms with van der Waals surface area (Å²) in [4.78, 5) is 30.5. The lowest BCUT2D eigenvalue weighted by Crippen LogP contribution is -2.41. The predicted molar refractivity (Wildman–Crippen MR) is 88.7 cm³/mol. The van der Waals surface area contributed by atoms with E-state index in [0.29, 0.717) is 31.5 Å². The van der Waals surface area contributed by atoms with Crippen LogP contribution in [0, 0.1) is 6.92 Å². The third-order valence-electron chi connectivity index (χ3n) is 4.06. The number of likely N-dealkylation sites (tertiary alicyclic amines) is 1. The van der Waals surface area contributed by atoms with Crippen LogP contribution in [-0.2, 0) is 9.59 Å². The highest BCUT2D eigenvalue weighted by Gasteiger charge is 2.38. The van der Waals surface area contributed by atoms with Crippen molar-refractivity contribution < 1.29 is 9.59 Å². The minimum atomic E-state index is -0.484. The molecule has 0 unspecified atom stereocenters. The van der Waals surface area contributed by atoms with Gasteiger partial charge in [0.25, 0.3) is 0 Å². The molecule has 1 atom stereocenters. The van der Waals surface area contributed by atoms with Gasteiger partial charge in [0.2, 0.25) is 11.8 Å². The zero-order valence-electron chi connectivity index (χ0n) is 12.9. The summed E-state index contributed by atoms with van der Waals surface area (Å²) in [7, 11) is 0. The van der Waals surface area contributed by atoms with Crippen LogP contribution in [-0.4, -0.2) is 27.7 Å². The number of hydrogen-bond acceptors (Lipinski definition) is 3. The van der Waals surface area contributed by atoms with Crippen LogP contribution in [0.5, 0.6) is 0 Å². The summed E-state index contributed by atoms with van der Waals surface area (Å²) in [5.41, 5.74) is 1.88. The van der Waals surface area contributed by atoms with Crippen molar-refractivity contribution in [1.82, 2.24) is 9.88 Å². The van der Waals surface area contributed by atoms with Gasteiger partial charge in [0.05, 0.1) is 0 Å². The molecule has 1 N–H and O–H groups in total. The van der Waals surface area contributed by atoms with Gasteiger partial charge in [0.15, 0.2) is 0 Å². The van der Waals surface area contributed by atoms with Crippen LogP contribution in [0.15, 0.2) is 41.2 Å². The second kappa shape index (κ2) is 6.54. The fourth-order valence-electron chi connectivity index (χ4n) is 2.85. The molecule has 1 aromatic rings. The van der Waals surface area contributed by atoms with Crippen molar-refractivity contribution in [3.8, 4) is 0 Å². The first-order valence-corrected chi connectivity index (χ1v) is 8.03. The number of allylic oxidation sites excluding steroid dienone is 4. The van der Waals surface area contributed by atoms with Crippen LogP contribution in [0.25, 0.3) is 0 Å². The first-order chi connectivity index (χ1) is 11.0. The molecule has 0 saturated carbocycles. The van der Waals surface area contributed by atoms with E-state index < -0.39 is 6.04 Å². The van der Waals surface area contributed by atoms with E-state index in [9.17, 15) is 9.59 Å². The summed E-state index contributed by atoms with van der Waals surface area (Å²) in [5, 5.41) is 3.57. The number of pyridine rings is 1. The van der Waals surface area contributed by atoms with Gasteiger partial charge in [0, 0.05) is 23.3 Å². The van der Waals surface area contributed by atoms with Gasteiger partial charge in [0.1, 0.15) is 11.9 Å². The summed E-state index contributed by atoms with van der Waals surface area (Å²) >= 11 is 5.97. The number of nitrogens with zero attached hydrogens (tertiary/aromatic N) is 2. The number of aryl methyl sites for hydroxylation is 1. The van der Waals surface area contributed by atoms with Crippen LogP contribution in [0.3, 0.4) is 0 Å². The first-order valence-electron chi connectivity index (χ1n) is 7.65. The van der Waals surface area contributed by atoms with E-state index in [-0.39, 0.29) is 11.8 Å².